The van der Waals surface area contributed by atoms with Crippen molar-refractivity contribution in [3.8, 4) is 11.5 Å². The van der Waals surface area contributed by atoms with E-state index in [1.54, 1.807) is 0 Å². The highest BCUT2D eigenvalue weighted by atomic mass is 16.6. The van der Waals surface area contributed by atoms with Gasteiger partial charge in [0.2, 0.25) is 5.91 Å². The van der Waals surface area contributed by atoms with E-state index >= 15 is 0 Å². The molecule has 3 aromatic rings. The highest BCUT2D eigenvalue weighted by Gasteiger charge is 2.22. The quantitative estimate of drug-likeness (QED) is 0.706. The summed E-state index contributed by atoms with van der Waals surface area (Å²) in [6, 6.07) is 27.9. The van der Waals surface area contributed by atoms with Crippen molar-refractivity contribution in [1.82, 2.24) is 5.32 Å². The molecule has 1 unspecified atom stereocenters. The van der Waals surface area contributed by atoms with Crippen LogP contribution in [0.15, 0.2) is 84.9 Å². The molecule has 1 atom stereocenters. The van der Waals surface area contributed by atoms with Crippen LogP contribution >= 0.6 is 0 Å². The average Bonchev–Trinajstić information content (AvgIpc) is 2.77. The minimum Gasteiger partial charge on any atom is -0.486 e. The first-order valence-corrected chi connectivity index (χ1v) is 9.54. The van der Waals surface area contributed by atoms with Gasteiger partial charge >= 0.3 is 0 Å². The molecule has 0 aromatic heterocycles. The van der Waals surface area contributed by atoms with Crippen molar-refractivity contribution in [1.29, 1.82) is 0 Å². The van der Waals surface area contributed by atoms with Gasteiger partial charge in [-0.25, -0.2) is 0 Å². The Kier molecular flexibility index (Phi) is 5.57. The van der Waals surface area contributed by atoms with Crippen LogP contribution in [0.4, 0.5) is 0 Å². The second-order valence-corrected chi connectivity index (χ2v) is 6.88. The van der Waals surface area contributed by atoms with Gasteiger partial charge in [-0.15, -0.1) is 0 Å². The van der Waals surface area contributed by atoms with Gasteiger partial charge in [-0.2, -0.15) is 0 Å². The first-order valence-electron chi connectivity index (χ1n) is 9.54. The minimum atomic E-state index is -0.189. The lowest BCUT2D eigenvalue weighted by Crippen LogP contribution is -2.41. The molecule has 1 heterocycles. The van der Waals surface area contributed by atoms with Crippen molar-refractivity contribution in [3.05, 3.63) is 96.1 Å². The molecule has 142 valence electrons. The second kappa shape index (κ2) is 8.61. The molecular weight excluding hydrogens is 350 g/mol. The van der Waals surface area contributed by atoms with Gasteiger partial charge in [0.1, 0.15) is 12.7 Å². The summed E-state index contributed by atoms with van der Waals surface area (Å²) in [5, 5.41) is 3.01. The highest BCUT2D eigenvalue weighted by molar-refractivity contribution is 5.77. The van der Waals surface area contributed by atoms with Gasteiger partial charge < -0.3 is 14.8 Å². The third kappa shape index (κ3) is 4.34. The number of ether oxygens (including phenoxy) is 2. The molecule has 4 rings (SSSR count). The molecule has 0 bridgehead atoms. The molecule has 1 aliphatic rings. The van der Waals surface area contributed by atoms with E-state index in [-0.39, 0.29) is 17.9 Å². The molecule has 0 saturated heterocycles. The molecule has 1 N–H and O–H groups in total. The largest absolute Gasteiger partial charge is 0.486 e. The van der Waals surface area contributed by atoms with Crippen molar-refractivity contribution in [2.45, 2.75) is 18.4 Å². The number of nitrogens with one attached hydrogen (secondary N) is 1. The summed E-state index contributed by atoms with van der Waals surface area (Å²) < 4.78 is 11.6. The van der Waals surface area contributed by atoms with E-state index in [0.717, 1.165) is 22.6 Å². The SMILES string of the molecule is O=C(CC(c1ccccc1)c1ccccc1)NCC1COc2ccccc2O1. The molecule has 4 nitrogen and oxygen atoms in total. The molecule has 4 heteroatoms. The normalized spacial score (nSPS) is 15.2. The van der Waals surface area contributed by atoms with Crippen LogP contribution < -0.4 is 14.8 Å². The van der Waals surface area contributed by atoms with Gasteiger partial charge in [0.15, 0.2) is 11.5 Å². The number of carbonyl (C=O) groups excluding carboxylic acids is 1. The van der Waals surface area contributed by atoms with Gasteiger partial charge in [0.25, 0.3) is 0 Å². The predicted octanol–water partition coefficient (Wildman–Crippen LogP) is 4.16. The Labute approximate surface area is 165 Å². The standard InChI is InChI=1S/C24H23NO3/c26-24(25-16-20-17-27-22-13-7-8-14-23(22)28-20)15-21(18-9-3-1-4-10-18)19-11-5-2-6-12-19/h1-14,20-21H,15-17H2,(H,25,26). The second-order valence-electron chi connectivity index (χ2n) is 6.88. The number of rotatable bonds is 6. The Bertz CT molecular complexity index is 872. The molecule has 0 fully saturated rings. The third-order valence-electron chi connectivity index (χ3n) is 4.89. The van der Waals surface area contributed by atoms with E-state index in [1.807, 2.05) is 60.7 Å². The molecule has 0 radical (unpaired) electrons. The monoisotopic (exact) mass is 373 g/mol. The molecule has 0 saturated carbocycles. The first-order chi connectivity index (χ1) is 13.8. The number of para-hydroxylation sites is 2. The Morgan fingerprint density at radius 3 is 2.07 bits per heavy atom. The van der Waals surface area contributed by atoms with Gasteiger partial charge in [-0.05, 0) is 23.3 Å². The smallest absolute Gasteiger partial charge is 0.221 e. The zero-order valence-electron chi connectivity index (χ0n) is 15.6. The van der Waals surface area contributed by atoms with Crippen molar-refractivity contribution >= 4 is 5.91 Å². The van der Waals surface area contributed by atoms with Crippen LogP contribution in [-0.2, 0) is 4.79 Å². The van der Waals surface area contributed by atoms with Crippen molar-refractivity contribution < 1.29 is 14.3 Å². The summed E-state index contributed by atoms with van der Waals surface area (Å²) in [7, 11) is 0. The molecule has 28 heavy (non-hydrogen) atoms. The number of benzene rings is 3. The zero-order chi connectivity index (χ0) is 19.2. The van der Waals surface area contributed by atoms with Crippen LogP contribution in [0, 0.1) is 0 Å². The van der Waals surface area contributed by atoms with Crippen LogP contribution in [0.5, 0.6) is 11.5 Å². The summed E-state index contributed by atoms with van der Waals surface area (Å²) in [4.78, 5) is 12.7. The van der Waals surface area contributed by atoms with E-state index in [2.05, 4.69) is 29.6 Å². The van der Waals surface area contributed by atoms with E-state index in [1.165, 1.54) is 0 Å². The van der Waals surface area contributed by atoms with Crippen LogP contribution in [0.1, 0.15) is 23.5 Å². The first kappa shape index (κ1) is 18.1. The summed E-state index contributed by atoms with van der Waals surface area (Å²) >= 11 is 0. The zero-order valence-corrected chi connectivity index (χ0v) is 15.6. The molecule has 1 aliphatic heterocycles. The molecule has 0 aliphatic carbocycles. The number of carbonyl (C=O) groups is 1. The van der Waals surface area contributed by atoms with E-state index in [9.17, 15) is 4.79 Å². The Hall–Kier alpha value is -3.27. The summed E-state index contributed by atoms with van der Waals surface area (Å²) in [5.41, 5.74) is 2.27. The molecule has 1 amide bonds. The van der Waals surface area contributed by atoms with Gasteiger partial charge in [-0.3, -0.25) is 4.79 Å². The summed E-state index contributed by atoms with van der Waals surface area (Å²) in [6.07, 6.45) is 0.198. The summed E-state index contributed by atoms with van der Waals surface area (Å²) in [6.45, 7) is 0.849. The number of hydrogen-bond acceptors (Lipinski definition) is 3. The predicted molar refractivity (Wildman–Crippen MR) is 109 cm³/mol. The maximum absolute atomic E-state index is 12.7. The molecule has 0 spiro atoms. The van der Waals surface area contributed by atoms with Crippen LogP contribution in [0.2, 0.25) is 0 Å². The third-order valence-corrected chi connectivity index (χ3v) is 4.89. The van der Waals surface area contributed by atoms with Crippen molar-refractivity contribution in [2.75, 3.05) is 13.2 Å². The van der Waals surface area contributed by atoms with Crippen LogP contribution in [-0.4, -0.2) is 25.2 Å². The van der Waals surface area contributed by atoms with Crippen molar-refractivity contribution in [3.63, 3.8) is 0 Å². The van der Waals surface area contributed by atoms with Crippen molar-refractivity contribution in [2.24, 2.45) is 0 Å². The molecule has 3 aromatic carbocycles. The fraction of sp³-hybridized carbons (Fsp3) is 0.208. The van der Waals surface area contributed by atoms with Crippen LogP contribution in [0.25, 0.3) is 0 Å². The maximum atomic E-state index is 12.7. The molecular formula is C24H23NO3. The fourth-order valence-electron chi connectivity index (χ4n) is 3.45. The summed E-state index contributed by atoms with van der Waals surface area (Å²) in [5.74, 6) is 1.49. The average molecular weight is 373 g/mol. The maximum Gasteiger partial charge on any atom is 0.221 e. The Morgan fingerprint density at radius 2 is 1.43 bits per heavy atom. The number of amides is 1. The Balaban J connectivity index is 1.39. The topological polar surface area (TPSA) is 47.6 Å². The lowest BCUT2D eigenvalue weighted by Gasteiger charge is -2.26. The minimum absolute atomic E-state index is 0.000153. The lowest BCUT2D eigenvalue weighted by atomic mass is 9.88. The lowest BCUT2D eigenvalue weighted by molar-refractivity contribution is -0.121. The highest BCUT2D eigenvalue weighted by Crippen LogP contribution is 2.31. The van der Waals surface area contributed by atoms with E-state index in [0.29, 0.717) is 19.6 Å². The van der Waals surface area contributed by atoms with Gasteiger partial charge in [0, 0.05) is 12.3 Å². The van der Waals surface area contributed by atoms with E-state index in [4.69, 9.17) is 9.47 Å². The number of fused-ring (bicyclic) bond motifs is 1. The van der Waals surface area contributed by atoms with Gasteiger partial charge in [-0.1, -0.05) is 72.8 Å². The fourth-order valence-corrected chi connectivity index (χ4v) is 3.45. The Morgan fingerprint density at radius 1 is 0.857 bits per heavy atom. The van der Waals surface area contributed by atoms with Crippen LogP contribution in [0.3, 0.4) is 0 Å². The van der Waals surface area contributed by atoms with E-state index < -0.39 is 0 Å². The number of hydrogen-bond donors (Lipinski definition) is 1. The van der Waals surface area contributed by atoms with Gasteiger partial charge in [0.05, 0.1) is 6.54 Å².